The van der Waals surface area contributed by atoms with Crippen molar-refractivity contribution >= 4 is 17.2 Å². The summed E-state index contributed by atoms with van der Waals surface area (Å²) in [6.45, 7) is 0.751. The Morgan fingerprint density at radius 1 is 1.21 bits per heavy atom. The lowest BCUT2D eigenvalue weighted by atomic mass is 10.0. The molecule has 1 heterocycles. The van der Waals surface area contributed by atoms with Gasteiger partial charge in [-0.15, -0.1) is 0 Å². The SMILES string of the molecule is CN(C)/C1=C/C2=C(CC=CC1)NCC(C/C=C\C(=C/C=C=O)c1ccccc1)=N2. The van der Waals surface area contributed by atoms with Gasteiger partial charge in [0.15, 0.2) is 0 Å². The third-order valence-electron chi connectivity index (χ3n) is 4.88. The molecule has 1 aliphatic carbocycles. The lowest BCUT2D eigenvalue weighted by Gasteiger charge is -2.23. The lowest BCUT2D eigenvalue weighted by molar-refractivity contribution is 0.499. The summed E-state index contributed by atoms with van der Waals surface area (Å²) in [4.78, 5) is 17.7. The van der Waals surface area contributed by atoms with Gasteiger partial charge >= 0.3 is 0 Å². The van der Waals surface area contributed by atoms with E-state index in [1.54, 1.807) is 6.08 Å². The number of hydrogen-bond donors (Lipinski definition) is 1. The third kappa shape index (κ3) is 5.81. The monoisotopic (exact) mass is 385 g/mol. The number of aliphatic imine (C=N–C) groups is 1. The summed E-state index contributed by atoms with van der Waals surface area (Å²) < 4.78 is 0. The largest absolute Gasteiger partial charge is 0.381 e. The van der Waals surface area contributed by atoms with E-state index in [2.05, 4.69) is 48.6 Å². The molecule has 0 amide bonds. The van der Waals surface area contributed by atoms with Crippen molar-refractivity contribution < 1.29 is 4.79 Å². The highest BCUT2D eigenvalue weighted by Crippen LogP contribution is 2.22. The van der Waals surface area contributed by atoms with Gasteiger partial charge in [0.25, 0.3) is 0 Å². The van der Waals surface area contributed by atoms with Crippen molar-refractivity contribution in [3.8, 4) is 0 Å². The first-order valence-electron chi connectivity index (χ1n) is 9.87. The van der Waals surface area contributed by atoms with Crippen molar-refractivity contribution in [2.24, 2.45) is 4.99 Å². The predicted octanol–water partition coefficient (Wildman–Crippen LogP) is 4.46. The molecule has 1 aromatic rings. The molecule has 0 atom stereocenters. The molecule has 0 spiro atoms. The molecule has 0 saturated heterocycles. The fourth-order valence-corrected chi connectivity index (χ4v) is 3.25. The minimum absolute atomic E-state index is 0.750. The van der Waals surface area contributed by atoms with E-state index in [0.29, 0.717) is 0 Å². The molecule has 0 fully saturated rings. The second-order valence-electron chi connectivity index (χ2n) is 7.18. The predicted molar refractivity (Wildman–Crippen MR) is 121 cm³/mol. The number of benzene rings is 1. The molecule has 0 saturated carbocycles. The van der Waals surface area contributed by atoms with E-state index in [4.69, 9.17) is 4.99 Å². The smallest absolute Gasteiger partial charge is 0.124 e. The Labute approximate surface area is 173 Å². The van der Waals surface area contributed by atoms with Crippen LogP contribution in [0.25, 0.3) is 5.57 Å². The van der Waals surface area contributed by atoms with Crippen molar-refractivity contribution in [1.29, 1.82) is 0 Å². The van der Waals surface area contributed by atoms with Crippen LogP contribution in [0.4, 0.5) is 0 Å². The van der Waals surface area contributed by atoms with Gasteiger partial charge in [-0.25, -0.2) is 4.79 Å². The maximum Gasteiger partial charge on any atom is 0.124 e. The Bertz CT molecular complexity index is 953. The number of nitrogens with zero attached hydrogens (tertiary/aromatic N) is 2. The quantitative estimate of drug-likeness (QED) is 0.447. The van der Waals surface area contributed by atoms with Crippen LogP contribution in [0.5, 0.6) is 0 Å². The number of carbonyl (C=O) groups excluding carboxylic acids is 1. The highest BCUT2D eigenvalue weighted by molar-refractivity contribution is 5.90. The Morgan fingerprint density at radius 3 is 2.76 bits per heavy atom. The van der Waals surface area contributed by atoms with Crippen molar-refractivity contribution in [1.82, 2.24) is 10.2 Å². The van der Waals surface area contributed by atoms with E-state index >= 15 is 0 Å². The number of allylic oxidation sites excluding steroid dienone is 8. The molecule has 0 radical (unpaired) electrons. The zero-order valence-electron chi connectivity index (χ0n) is 17.1. The molecular formula is C25H27N3O. The van der Waals surface area contributed by atoms with Crippen LogP contribution in [0.1, 0.15) is 24.8 Å². The van der Waals surface area contributed by atoms with Crippen molar-refractivity contribution in [3.63, 3.8) is 0 Å². The zero-order chi connectivity index (χ0) is 20.5. The summed E-state index contributed by atoms with van der Waals surface area (Å²) in [6.07, 6.45) is 16.5. The number of hydrogen-bond acceptors (Lipinski definition) is 4. The third-order valence-corrected chi connectivity index (χ3v) is 4.88. The second-order valence-corrected chi connectivity index (χ2v) is 7.18. The molecular weight excluding hydrogens is 358 g/mol. The Balaban J connectivity index is 1.79. The maximum absolute atomic E-state index is 10.6. The number of rotatable bonds is 6. The fraction of sp³-hybridized carbons (Fsp3) is 0.240. The van der Waals surface area contributed by atoms with Gasteiger partial charge in [0.1, 0.15) is 5.94 Å². The van der Waals surface area contributed by atoms with Crippen LogP contribution < -0.4 is 5.32 Å². The highest BCUT2D eigenvalue weighted by atomic mass is 16.1. The van der Waals surface area contributed by atoms with Crippen LogP contribution in [0.15, 0.2) is 94.9 Å². The second kappa shape index (κ2) is 10.3. The lowest BCUT2D eigenvalue weighted by Crippen LogP contribution is -2.27. The Hall–Kier alpha value is -3.36. The van der Waals surface area contributed by atoms with Gasteiger partial charge in [-0.3, -0.25) is 4.99 Å². The molecule has 1 N–H and O–H groups in total. The average molecular weight is 386 g/mol. The summed E-state index contributed by atoms with van der Waals surface area (Å²) in [7, 11) is 4.13. The topological polar surface area (TPSA) is 44.7 Å². The summed E-state index contributed by atoms with van der Waals surface area (Å²) in [6, 6.07) is 10.0. The van der Waals surface area contributed by atoms with Crippen LogP contribution >= 0.6 is 0 Å². The average Bonchev–Trinajstić information content (AvgIpc) is 2.72. The fourth-order valence-electron chi connectivity index (χ4n) is 3.25. The number of nitrogens with one attached hydrogen (secondary N) is 1. The van der Waals surface area contributed by atoms with E-state index < -0.39 is 0 Å². The molecule has 0 unspecified atom stereocenters. The molecule has 4 nitrogen and oxygen atoms in total. The van der Waals surface area contributed by atoms with Gasteiger partial charge in [0, 0.05) is 56.5 Å². The van der Waals surface area contributed by atoms with Gasteiger partial charge in [-0.05, 0) is 23.3 Å². The van der Waals surface area contributed by atoms with Gasteiger partial charge in [-0.1, -0.05) is 54.6 Å². The van der Waals surface area contributed by atoms with E-state index in [0.717, 1.165) is 48.4 Å². The van der Waals surface area contributed by atoms with E-state index in [9.17, 15) is 4.79 Å². The molecule has 0 aromatic heterocycles. The molecule has 1 aromatic carbocycles. The molecule has 29 heavy (non-hydrogen) atoms. The van der Waals surface area contributed by atoms with E-state index in [1.165, 1.54) is 17.5 Å². The maximum atomic E-state index is 10.6. The molecule has 0 bridgehead atoms. The van der Waals surface area contributed by atoms with Crippen molar-refractivity contribution in [3.05, 3.63) is 95.5 Å². The standard InChI is InChI=1S/C25H27N3O/c1-28(2)23-15-6-7-16-24-25(18-23)27-22(19-26-24)14-8-12-21(13-9-17-29)20-10-4-3-5-11-20/h3-13,18,26H,14-16,19H2,1-2H3/b7-6?,12-8-,21-13+,23-18+. The highest BCUT2D eigenvalue weighted by Gasteiger charge is 2.14. The minimum Gasteiger partial charge on any atom is -0.381 e. The first-order valence-corrected chi connectivity index (χ1v) is 9.87. The minimum atomic E-state index is 0.750. The Morgan fingerprint density at radius 2 is 2.00 bits per heavy atom. The Kier molecular flexibility index (Phi) is 7.21. The first-order chi connectivity index (χ1) is 14.2. The molecule has 2 aliphatic rings. The van der Waals surface area contributed by atoms with Crippen LogP contribution in [-0.2, 0) is 4.79 Å². The summed E-state index contributed by atoms with van der Waals surface area (Å²) in [5, 5.41) is 3.53. The van der Waals surface area contributed by atoms with Crippen LogP contribution in [-0.4, -0.2) is 37.2 Å². The van der Waals surface area contributed by atoms with E-state index in [1.807, 2.05) is 42.3 Å². The van der Waals surface area contributed by atoms with Gasteiger partial charge < -0.3 is 10.2 Å². The summed E-state index contributed by atoms with van der Waals surface area (Å²) in [5.41, 5.74) is 6.57. The van der Waals surface area contributed by atoms with E-state index in [-0.39, 0.29) is 0 Å². The van der Waals surface area contributed by atoms with Crippen LogP contribution in [0.2, 0.25) is 0 Å². The molecule has 148 valence electrons. The summed E-state index contributed by atoms with van der Waals surface area (Å²) in [5.74, 6) is 1.82. The van der Waals surface area contributed by atoms with Gasteiger partial charge in [-0.2, -0.15) is 0 Å². The van der Waals surface area contributed by atoms with Gasteiger partial charge in [0.05, 0.1) is 12.2 Å². The normalized spacial score (nSPS) is 18.6. The summed E-state index contributed by atoms with van der Waals surface area (Å²) >= 11 is 0. The molecule has 1 aliphatic heterocycles. The van der Waals surface area contributed by atoms with Crippen molar-refractivity contribution in [2.45, 2.75) is 19.3 Å². The molecule has 4 heteroatoms. The van der Waals surface area contributed by atoms with Crippen molar-refractivity contribution in [2.75, 3.05) is 20.6 Å². The molecule has 3 rings (SSSR count). The van der Waals surface area contributed by atoms with Crippen LogP contribution in [0, 0.1) is 0 Å². The zero-order valence-corrected chi connectivity index (χ0v) is 17.1. The van der Waals surface area contributed by atoms with Crippen LogP contribution in [0.3, 0.4) is 0 Å². The van der Waals surface area contributed by atoms with Gasteiger partial charge in [0.2, 0.25) is 0 Å². The first kappa shape index (κ1) is 20.4.